The molecule has 2 heterocycles. The highest BCUT2D eigenvalue weighted by Crippen LogP contribution is 2.50. The molecule has 2 aliphatic rings. The van der Waals surface area contributed by atoms with Gasteiger partial charge in [0.05, 0.1) is 25.5 Å². The van der Waals surface area contributed by atoms with Crippen LogP contribution in [0.1, 0.15) is 22.7 Å². The van der Waals surface area contributed by atoms with Crippen LogP contribution in [0.4, 0.5) is 0 Å². The van der Waals surface area contributed by atoms with Crippen molar-refractivity contribution >= 4 is 29.4 Å². The molecule has 178 valence electrons. The van der Waals surface area contributed by atoms with Gasteiger partial charge < -0.3 is 4.74 Å². The summed E-state index contributed by atoms with van der Waals surface area (Å²) in [5.41, 5.74) is 1.09. The van der Waals surface area contributed by atoms with Gasteiger partial charge in [-0.1, -0.05) is 84.4 Å². The van der Waals surface area contributed by atoms with Crippen molar-refractivity contribution < 1.29 is 19.1 Å². The third kappa shape index (κ3) is 4.03. The zero-order valence-electron chi connectivity index (χ0n) is 19.2. The number of likely N-dealkylation sites (tertiary alicyclic amines) is 1. The normalized spacial score (nSPS) is 25.5. The van der Waals surface area contributed by atoms with Gasteiger partial charge in [-0.3, -0.25) is 24.6 Å². The number of esters is 1. The van der Waals surface area contributed by atoms with Gasteiger partial charge in [0, 0.05) is 17.5 Å². The van der Waals surface area contributed by atoms with Crippen LogP contribution in [0.2, 0.25) is 5.02 Å². The SMILES string of the molecule is COC(=O)[C@]1(Cc2ccccc2)N[C@H](c2ccc(Cl)cc2)[C@H]2C(=O)N(Cc3ccccc3)C(=O)[C@H]21. The summed E-state index contributed by atoms with van der Waals surface area (Å²) in [5.74, 6) is -2.89. The standard InChI is InChI=1S/C28H25ClN2O4/c1-35-27(34)28(16-18-8-4-2-5-9-18)23-22(24(30-28)20-12-14-21(29)15-13-20)25(32)31(26(23)33)17-19-10-6-3-7-11-19/h2-15,22-24,30H,16-17H2,1H3/t22-,23-,24+,28+/m0/s1. The second-order valence-corrected chi connectivity index (χ2v) is 9.49. The van der Waals surface area contributed by atoms with Crippen molar-refractivity contribution in [2.24, 2.45) is 11.8 Å². The molecule has 0 radical (unpaired) electrons. The molecule has 1 N–H and O–H groups in total. The third-order valence-electron chi connectivity index (χ3n) is 7.03. The number of rotatable bonds is 6. The fourth-order valence-corrected chi connectivity index (χ4v) is 5.59. The quantitative estimate of drug-likeness (QED) is 0.420. The fourth-order valence-electron chi connectivity index (χ4n) is 5.46. The van der Waals surface area contributed by atoms with E-state index in [1.807, 2.05) is 72.8 Å². The van der Waals surface area contributed by atoms with E-state index in [2.05, 4.69) is 5.32 Å². The molecular formula is C28H25ClN2O4. The molecule has 0 saturated carbocycles. The van der Waals surface area contributed by atoms with Crippen molar-refractivity contribution in [2.45, 2.75) is 24.5 Å². The maximum Gasteiger partial charge on any atom is 0.327 e. The number of amides is 2. The Balaban J connectivity index is 1.62. The molecule has 7 heteroatoms. The van der Waals surface area contributed by atoms with E-state index in [-0.39, 0.29) is 24.8 Å². The number of methoxy groups -OCH3 is 1. The minimum Gasteiger partial charge on any atom is -0.468 e. The Labute approximate surface area is 208 Å². The molecule has 0 unspecified atom stereocenters. The molecule has 3 aromatic rings. The molecule has 0 aliphatic carbocycles. The van der Waals surface area contributed by atoms with E-state index in [9.17, 15) is 14.4 Å². The molecule has 0 aromatic heterocycles. The lowest BCUT2D eigenvalue weighted by Crippen LogP contribution is -2.57. The first kappa shape index (κ1) is 23.3. The number of carbonyl (C=O) groups excluding carboxylic acids is 3. The largest absolute Gasteiger partial charge is 0.468 e. The van der Waals surface area contributed by atoms with Gasteiger partial charge in [-0.2, -0.15) is 0 Å². The van der Waals surface area contributed by atoms with Gasteiger partial charge in [0.15, 0.2) is 0 Å². The Morgan fingerprint density at radius 2 is 1.51 bits per heavy atom. The first-order chi connectivity index (χ1) is 16.9. The van der Waals surface area contributed by atoms with Crippen LogP contribution in [0.5, 0.6) is 0 Å². The van der Waals surface area contributed by atoms with E-state index in [0.717, 1.165) is 16.7 Å². The maximum absolute atomic E-state index is 13.9. The Hall–Kier alpha value is -3.48. The summed E-state index contributed by atoms with van der Waals surface area (Å²) in [6, 6.07) is 25.4. The molecule has 2 amide bonds. The Morgan fingerprint density at radius 3 is 2.11 bits per heavy atom. The number of nitrogens with one attached hydrogen (secondary N) is 1. The van der Waals surface area contributed by atoms with E-state index < -0.39 is 29.4 Å². The minimum atomic E-state index is -1.40. The fraction of sp³-hybridized carbons (Fsp3) is 0.250. The highest BCUT2D eigenvalue weighted by Gasteiger charge is 2.68. The van der Waals surface area contributed by atoms with Crippen LogP contribution in [-0.4, -0.2) is 35.3 Å². The first-order valence-corrected chi connectivity index (χ1v) is 11.9. The number of imide groups is 1. The Kier molecular flexibility index (Phi) is 6.17. The molecule has 2 fully saturated rings. The van der Waals surface area contributed by atoms with Crippen LogP contribution >= 0.6 is 11.6 Å². The van der Waals surface area contributed by atoms with Crippen LogP contribution in [0, 0.1) is 11.8 Å². The molecule has 4 atom stereocenters. The molecule has 5 rings (SSSR count). The van der Waals surface area contributed by atoms with Crippen molar-refractivity contribution in [1.82, 2.24) is 10.2 Å². The number of hydrogen-bond donors (Lipinski definition) is 1. The second-order valence-electron chi connectivity index (χ2n) is 9.05. The second kappa shape index (κ2) is 9.29. The molecule has 2 aliphatic heterocycles. The Morgan fingerprint density at radius 1 is 0.914 bits per heavy atom. The molecule has 0 bridgehead atoms. The molecular weight excluding hydrogens is 464 g/mol. The number of carbonyl (C=O) groups is 3. The Bertz CT molecular complexity index is 1250. The molecule has 35 heavy (non-hydrogen) atoms. The summed E-state index contributed by atoms with van der Waals surface area (Å²) in [6.07, 6.45) is 0.212. The topological polar surface area (TPSA) is 75.7 Å². The maximum atomic E-state index is 13.9. The number of benzene rings is 3. The lowest BCUT2D eigenvalue weighted by molar-refractivity contribution is -0.154. The highest BCUT2D eigenvalue weighted by molar-refractivity contribution is 6.30. The van der Waals surface area contributed by atoms with Crippen molar-refractivity contribution in [1.29, 1.82) is 0 Å². The third-order valence-corrected chi connectivity index (χ3v) is 7.29. The summed E-state index contributed by atoms with van der Waals surface area (Å²) in [4.78, 5) is 42.4. The van der Waals surface area contributed by atoms with Crippen molar-refractivity contribution in [3.05, 3.63) is 107 Å². The summed E-state index contributed by atoms with van der Waals surface area (Å²) in [7, 11) is 1.31. The van der Waals surface area contributed by atoms with Gasteiger partial charge in [-0.25, -0.2) is 0 Å². The summed E-state index contributed by atoms with van der Waals surface area (Å²) >= 11 is 6.11. The van der Waals surface area contributed by atoms with E-state index in [1.54, 1.807) is 12.1 Å². The summed E-state index contributed by atoms with van der Waals surface area (Å²) in [6.45, 7) is 0.154. The van der Waals surface area contributed by atoms with E-state index in [4.69, 9.17) is 16.3 Å². The average Bonchev–Trinajstić information content (AvgIpc) is 3.35. The summed E-state index contributed by atoms with van der Waals surface area (Å²) in [5, 5.41) is 3.96. The van der Waals surface area contributed by atoms with Gasteiger partial charge in [-0.15, -0.1) is 0 Å². The van der Waals surface area contributed by atoms with Crippen LogP contribution < -0.4 is 5.32 Å². The van der Waals surface area contributed by atoms with Crippen molar-refractivity contribution in [3.63, 3.8) is 0 Å². The van der Waals surface area contributed by atoms with Crippen LogP contribution in [0.25, 0.3) is 0 Å². The zero-order chi connectivity index (χ0) is 24.6. The van der Waals surface area contributed by atoms with E-state index in [0.29, 0.717) is 5.02 Å². The predicted octanol–water partition coefficient (Wildman–Crippen LogP) is 3.94. The smallest absolute Gasteiger partial charge is 0.327 e. The summed E-state index contributed by atoms with van der Waals surface area (Å²) < 4.78 is 5.25. The number of hydrogen-bond acceptors (Lipinski definition) is 5. The molecule has 6 nitrogen and oxygen atoms in total. The van der Waals surface area contributed by atoms with Crippen LogP contribution in [0.15, 0.2) is 84.9 Å². The van der Waals surface area contributed by atoms with Gasteiger partial charge in [-0.05, 0) is 28.8 Å². The molecule has 2 saturated heterocycles. The molecule has 3 aromatic carbocycles. The zero-order valence-corrected chi connectivity index (χ0v) is 19.9. The van der Waals surface area contributed by atoms with Crippen LogP contribution in [0.3, 0.4) is 0 Å². The number of nitrogens with zero attached hydrogens (tertiary/aromatic N) is 1. The van der Waals surface area contributed by atoms with Gasteiger partial charge in [0.1, 0.15) is 5.54 Å². The van der Waals surface area contributed by atoms with E-state index in [1.165, 1.54) is 12.0 Å². The highest BCUT2D eigenvalue weighted by atomic mass is 35.5. The van der Waals surface area contributed by atoms with Crippen molar-refractivity contribution in [2.75, 3.05) is 7.11 Å². The van der Waals surface area contributed by atoms with Crippen LogP contribution in [-0.2, 0) is 32.1 Å². The monoisotopic (exact) mass is 488 g/mol. The lowest BCUT2D eigenvalue weighted by atomic mass is 9.76. The van der Waals surface area contributed by atoms with Gasteiger partial charge >= 0.3 is 5.97 Å². The predicted molar refractivity (Wildman–Crippen MR) is 131 cm³/mol. The first-order valence-electron chi connectivity index (χ1n) is 11.5. The number of ether oxygens (including phenoxy) is 1. The number of halogens is 1. The molecule has 0 spiro atoms. The lowest BCUT2D eigenvalue weighted by Gasteiger charge is -2.32. The average molecular weight is 489 g/mol. The van der Waals surface area contributed by atoms with Crippen molar-refractivity contribution in [3.8, 4) is 0 Å². The number of fused-ring (bicyclic) bond motifs is 1. The van der Waals surface area contributed by atoms with E-state index >= 15 is 0 Å². The van der Waals surface area contributed by atoms with Gasteiger partial charge in [0.2, 0.25) is 11.8 Å². The van der Waals surface area contributed by atoms with Gasteiger partial charge in [0.25, 0.3) is 0 Å². The minimum absolute atomic E-state index is 0.154.